The van der Waals surface area contributed by atoms with Crippen molar-refractivity contribution in [3.05, 3.63) is 54.1 Å². The molecule has 2 amide bonds. The van der Waals surface area contributed by atoms with E-state index in [-0.39, 0.29) is 23.5 Å². The number of rotatable bonds is 4. The summed E-state index contributed by atoms with van der Waals surface area (Å²) in [6.45, 7) is 1.51. The minimum absolute atomic E-state index is 0.151. The van der Waals surface area contributed by atoms with E-state index < -0.39 is 0 Å². The first-order valence-electron chi connectivity index (χ1n) is 10.0. The number of fused-ring (bicyclic) bond motifs is 2. The van der Waals surface area contributed by atoms with Crippen molar-refractivity contribution >= 4 is 35.0 Å². The van der Waals surface area contributed by atoms with Gasteiger partial charge in [-0.3, -0.25) is 4.98 Å². The van der Waals surface area contributed by atoms with Crippen LogP contribution in [0.2, 0.25) is 5.28 Å². The topological polar surface area (TPSA) is 105 Å². The van der Waals surface area contributed by atoms with E-state index in [9.17, 15) is 4.79 Å². The molecule has 0 radical (unpaired) electrons. The molecule has 3 aromatic rings. The van der Waals surface area contributed by atoms with Crippen LogP contribution in [0.15, 0.2) is 48.8 Å². The number of hydrogen-bond acceptors (Lipinski definition) is 7. The van der Waals surface area contributed by atoms with Crippen molar-refractivity contribution in [1.82, 2.24) is 19.9 Å². The smallest absolute Gasteiger partial charge is 0.323 e. The van der Waals surface area contributed by atoms with Crippen LogP contribution in [0.5, 0.6) is 0 Å². The highest BCUT2D eigenvalue weighted by atomic mass is 35.5. The molecule has 4 heterocycles. The zero-order chi connectivity index (χ0) is 21.2. The second kappa shape index (κ2) is 8.44. The number of carbonyl (C=O) groups is 1. The highest BCUT2D eigenvalue weighted by Gasteiger charge is 2.35. The van der Waals surface area contributed by atoms with E-state index in [1.54, 1.807) is 36.7 Å². The molecule has 2 N–H and O–H groups in total. The van der Waals surface area contributed by atoms with Crippen LogP contribution in [0.4, 0.5) is 22.1 Å². The van der Waals surface area contributed by atoms with Gasteiger partial charge in [-0.1, -0.05) is 0 Å². The van der Waals surface area contributed by atoms with E-state index in [4.69, 9.17) is 16.3 Å². The molecule has 0 spiro atoms. The Bertz CT molecular complexity index is 1070. The van der Waals surface area contributed by atoms with Crippen molar-refractivity contribution in [2.75, 3.05) is 28.6 Å². The fraction of sp³-hybridized carbons (Fsp3) is 0.286. The van der Waals surface area contributed by atoms with Gasteiger partial charge in [0.1, 0.15) is 0 Å². The number of aromatic nitrogens is 4. The minimum Gasteiger partial charge on any atom is -0.371 e. The largest absolute Gasteiger partial charge is 0.371 e. The number of urea groups is 1. The standard InChI is InChI=1S/C21H20ClN7O2/c22-19-26-18(27-20(28-19)29-11-16-5-6-17(12-29)31-16)13-1-3-14(4-2-13)24-21(30)25-15-7-9-23-10-8-15/h1-4,7-10,16-17H,5-6,11-12H2,(H2,23,24,25,30). The van der Waals surface area contributed by atoms with Gasteiger partial charge >= 0.3 is 6.03 Å². The molecule has 2 atom stereocenters. The maximum atomic E-state index is 12.2. The second-order valence-corrected chi connectivity index (χ2v) is 7.82. The van der Waals surface area contributed by atoms with Gasteiger partial charge in [-0.05, 0) is 60.8 Å². The molecule has 2 bridgehead atoms. The fourth-order valence-corrected chi connectivity index (χ4v) is 3.98. The third-order valence-corrected chi connectivity index (χ3v) is 5.43. The summed E-state index contributed by atoms with van der Waals surface area (Å²) >= 11 is 6.19. The van der Waals surface area contributed by atoms with Gasteiger partial charge < -0.3 is 20.3 Å². The quantitative estimate of drug-likeness (QED) is 0.642. The van der Waals surface area contributed by atoms with Gasteiger partial charge in [0.05, 0.1) is 12.2 Å². The van der Waals surface area contributed by atoms with Crippen molar-refractivity contribution < 1.29 is 9.53 Å². The molecular formula is C21H20ClN7O2. The Hall–Kier alpha value is -3.30. The predicted molar refractivity (Wildman–Crippen MR) is 117 cm³/mol. The average Bonchev–Trinajstić information content (AvgIpc) is 3.12. The van der Waals surface area contributed by atoms with Crippen molar-refractivity contribution in [2.45, 2.75) is 25.0 Å². The lowest BCUT2D eigenvalue weighted by Gasteiger charge is -2.32. The summed E-state index contributed by atoms with van der Waals surface area (Å²) in [6, 6.07) is 10.3. The van der Waals surface area contributed by atoms with Crippen LogP contribution < -0.4 is 15.5 Å². The van der Waals surface area contributed by atoms with E-state index >= 15 is 0 Å². The monoisotopic (exact) mass is 437 g/mol. The molecule has 5 rings (SSSR count). The number of carbonyl (C=O) groups excluding carboxylic acids is 1. The highest BCUT2D eigenvalue weighted by Crippen LogP contribution is 2.29. The van der Waals surface area contributed by atoms with Gasteiger partial charge in [0.15, 0.2) is 5.82 Å². The summed E-state index contributed by atoms with van der Waals surface area (Å²) in [6.07, 6.45) is 5.80. The summed E-state index contributed by atoms with van der Waals surface area (Å²) in [5, 5.41) is 5.68. The molecule has 2 aliphatic heterocycles. The van der Waals surface area contributed by atoms with E-state index in [0.717, 1.165) is 31.5 Å². The maximum Gasteiger partial charge on any atom is 0.323 e. The lowest BCUT2D eigenvalue weighted by molar-refractivity contribution is 0.0299. The number of amides is 2. The summed E-state index contributed by atoms with van der Waals surface area (Å²) in [5.41, 5.74) is 2.08. The van der Waals surface area contributed by atoms with Crippen molar-refractivity contribution in [1.29, 1.82) is 0 Å². The average molecular weight is 438 g/mol. The third-order valence-electron chi connectivity index (χ3n) is 5.26. The third kappa shape index (κ3) is 4.57. The Morgan fingerprint density at radius 3 is 2.26 bits per heavy atom. The molecule has 10 heteroatoms. The van der Waals surface area contributed by atoms with Gasteiger partial charge in [-0.15, -0.1) is 0 Å². The van der Waals surface area contributed by atoms with Crippen LogP contribution in [0.25, 0.3) is 11.4 Å². The van der Waals surface area contributed by atoms with E-state index in [2.05, 4.69) is 35.5 Å². The van der Waals surface area contributed by atoms with E-state index in [1.807, 2.05) is 12.1 Å². The Morgan fingerprint density at radius 2 is 1.58 bits per heavy atom. The maximum absolute atomic E-state index is 12.2. The molecule has 2 fully saturated rings. The number of hydrogen-bond donors (Lipinski definition) is 2. The Labute approximate surface area is 183 Å². The summed E-state index contributed by atoms with van der Waals surface area (Å²) in [4.78, 5) is 31.4. The van der Waals surface area contributed by atoms with Crippen LogP contribution in [-0.2, 0) is 4.74 Å². The first-order valence-corrected chi connectivity index (χ1v) is 10.4. The number of halogens is 1. The lowest BCUT2D eigenvalue weighted by atomic mass is 10.2. The highest BCUT2D eigenvalue weighted by molar-refractivity contribution is 6.28. The van der Waals surface area contributed by atoms with Crippen LogP contribution in [0.3, 0.4) is 0 Å². The van der Waals surface area contributed by atoms with Crippen molar-refractivity contribution in [3.63, 3.8) is 0 Å². The minimum atomic E-state index is -0.341. The van der Waals surface area contributed by atoms with Gasteiger partial charge in [-0.25, -0.2) is 4.79 Å². The number of morpholine rings is 1. The molecule has 0 saturated carbocycles. The zero-order valence-electron chi connectivity index (χ0n) is 16.5. The summed E-state index contributed by atoms with van der Waals surface area (Å²) < 4.78 is 5.89. The van der Waals surface area contributed by atoms with Crippen LogP contribution in [0, 0.1) is 0 Å². The number of nitrogens with one attached hydrogen (secondary N) is 2. The first-order chi connectivity index (χ1) is 15.1. The number of anilines is 3. The molecule has 31 heavy (non-hydrogen) atoms. The molecule has 2 aromatic heterocycles. The fourth-order valence-electron chi connectivity index (χ4n) is 3.82. The van der Waals surface area contributed by atoms with Crippen molar-refractivity contribution in [3.8, 4) is 11.4 Å². The van der Waals surface area contributed by atoms with Crippen molar-refractivity contribution in [2.24, 2.45) is 0 Å². The molecule has 0 aliphatic carbocycles. The van der Waals surface area contributed by atoms with E-state index in [1.165, 1.54) is 0 Å². The number of nitrogens with zero attached hydrogens (tertiary/aromatic N) is 5. The van der Waals surface area contributed by atoms with Gasteiger partial charge in [0.2, 0.25) is 11.2 Å². The number of benzene rings is 1. The molecular weight excluding hydrogens is 418 g/mol. The zero-order valence-corrected chi connectivity index (χ0v) is 17.3. The molecule has 9 nitrogen and oxygen atoms in total. The molecule has 2 aliphatic rings. The summed E-state index contributed by atoms with van der Waals surface area (Å²) in [7, 11) is 0. The molecule has 2 saturated heterocycles. The summed E-state index contributed by atoms with van der Waals surface area (Å²) in [5.74, 6) is 1.05. The SMILES string of the molecule is O=C(Nc1ccncc1)Nc1ccc(-c2nc(Cl)nc(N3CC4CCC(C3)O4)n2)cc1. The van der Waals surface area contributed by atoms with Crippen LogP contribution >= 0.6 is 11.6 Å². The molecule has 158 valence electrons. The van der Waals surface area contributed by atoms with Crippen LogP contribution in [-0.4, -0.2) is 51.3 Å². The van der Waals surface area contributed by atoms with Crippen LogP contribution in [0.1, 0.15) is 12.8 Å². The lowest BCUT2D eigenvalue weighted by Crippen LogP contribution is -2.43. The second-order valence-electron chi connectivity index (χ2n) is 7.48. The normalized spacial score (nSPS) is 19.8. The van der Waals surface area contributed by atoms with Gasteiger partial charge in [0.25, 0.3) is 0 Å². The van der Waals surface area contributed by atoms with E-state index in [0.29, 0.717) is 23.1 Å². The number of ether oxygens (including phenoxy) is 1. The molecule has 2 unspecified atom stereocenters. The predicted octanol–water partition coefficient (Wildman–Crippen LogP) is 3.60. The Morgan fingerprint density at radius 1 is 0.935 bits per heavy atom. The molecule has 1 aromatic carbocycles. The van der Waals surface area contributed by atoms with Gasteiger partial charge in [0, 0.05) is 42.4 Å². The first kappa shape index (κ1) is 19.7. The Kier molecular flexibility index (Phi) is 5.35. The van der Waals surface area contributed by atoms with Gasteiger partial charge in [-0.2, -0.15) is 15.0 Å². The Balaban J connectivity index is 1.29. The number of pyridine rings is 1.